The van der Waals surface area contributed by atoms with Crippen LogP contribution < -0.4 is 5.73 Å². The predicted octanol–water partition coefficient (Wildman–Crippen LogP) is 2.34. The van der Waals surface area contributed by atoms with Crippen LogP contribution >= 0.6 is 0 Å². The van der Waals surface area contributed by atoms with Crippen LogP contribution in [0.25, 0.3) is 0 Å². The summed E-state index contributed by atoms with van der Waals surface area (Å²) in [7, 11) is 0. The highest BCUT2D eigenvalue weighted by molar-refractivity contribution is 5.94. The topological polar surface area (TPSA) is 119 Å². The number of nitrogens with two attached hydrogens (primary N) is 1. The van der Waals surface area contributed by atoms with E-state index in [4.69, 9.17) is 15.2 Å². The second kappa shape index (κ2) is 9.14. The van der Waals surface area contributed by atoms with E-state index in [1.165, 1.54) is 0 Å². The molecule has 8 nitrogen and oxygen atoms in total. The number of likely N-dealkylation sites (tertiary alicyclic amines) is 1. The van der Waals surface area contributed by atoms with Crippen molar-refractivity contribution < 1.29 is 29.0 Å². The van der Waals surface area contributed by atoms with Crippen LogP contribution in [0.15, 0.2) is 30.3 Å². The van der Waals surface area contributed by atoms with Gasteiger partial charge in [0.1, 0.15) is 6.04 Å². The van der Waals surface area contributed by atoms with E-state index in [0.29, 0.717) is 32.1 Å². The summed E-state index contributed by atoms with van der Waals surface area (Å²) >= 11 is 0. The molecule has 0 radical (unpaired) electrons. The lowest BCUT2D eigenvalue weighted by Gasteiger charge is -2.45. The predicted molar refractivity (Wildman–Crippen MR) is 109 cm³/mol. The number of carbonyl (C=O) groups excluding carboxylic acids is 2. The Kier molecular flexibility index (Phi) is 6.77. The molecular formula is C22H30N2O6. The number of Topliss-reactive ketones (excluding diaryl/α,β-unsaturated/α-hetero) is 1. The maximum Gasteiger partial charge on any atom is 0.507 e. The van der Waals surface area contributed by atoms with Gasteiger partial charge in [0.2, 0.25) is 0 Å². The first kappa shape index (κ1) is 22.2. The summed E-state index contributed by atoms with van der Waals surface area (Å²) in [5.74, 6) is -0.815. The van der Waals surface area contributed by atoms with E-state index in [-0.39, 0.29) is 18.3 Å². The highest BCUT2D eigenvalue weighted by Gasteiger charge is 2.64. The van der Waals surface area contributed by atoms with E-state index in [9.17, 15) is 19.5 Å². The van der Waals surface area contributed by atoms with Crippen molar-refractivity contribution in [2.45, 2.75) is 69.8 Å². The Hall–Kier alpha value is -2.45. The van der Waals surface area contributed by atoms with Crippen LogP contribution in [0.3, 0.4) is 0 Å². The fourth-order valence-corrected chi connectivity index (χ4v) is 5.07. The second-order valence-electron chi connectivity index (χ2n) is 8.16. The quantitative estimate of drug-likeness (QED) is 0.587. The second-order valence-corrected chi connectivity index (χ2v) is 8.16. The molecule has 2 aliphatic rings. The van der Waals surface area contributed by atoms with Gasteiger partial charge in [-0.05, 0) is 51.5 Å². The molecule has 1 saturated carbocycles. The molecule has 5 atom stereocenters. The van der Waals surface area contributed by atoms with E-state index in [0.717, 1.165) is 5.56 Å². The minimum Gasteiger partial charge on any atom is -0.465 e. The lowest BCUT2D eigenvalue weighted by Crippen LogP contribution is -2.64. The van der Waals surface area contributed by atoms with Gasteiger partial charge in [-0.3, -0.25) is 9.59 Å². The molecule has 30 heavy (non-hydrogen) atoms. The highest BCUT2D eigenvalue weighted by Crippen LogP contribution is 2.53. The summed E-state index contributed by atoms with van der Waals surface area (Å²) in [4.78, 5) is 39.3. The normalized spacial score (nSPS) is 27.4. The third-order valence-electron chi connectivity index (χ3n) is 6.24. The van der Waals surface area contributed by atoms with Crippen molar-refractivity contribution in [1.29, 1.82) is 0 Å². The first-order chi connectivity index (χ1) is 14.3. The molecule has 0 spiro atoms. The average Bonchev–Trinajstić information content (AvgIpc) is 3.27. The molecule has 1 aromatic carbocycles. The third kappa shape index (κ3) is 4.20. The van der Waals surface area contributed by atoms with Gasteiger partial charge >= 0.3 is 12.1 Å². The SMILES string of the molecule is CCOC(=O)C(CCc1ccccc1)N1[C@@H](OC(=O)O)C2CC[C@@]1(C(=O)C(C)N)C2. The molecule has 0 amide bonds. The van der Waals surface area contributed by atoms with Gasteiger partial charge in [0.05, 0.1) is 18.2 Å². The lowest BCUT2D eigenvalue weighted by atomic mass is 9.85. The van der Waals surface area contributed by atoms with Gasteiger partial charge in [0.15, 0.2) is 12.0 Å². The molecule has 2 fully saturated rings. The number of hydrogen-bond acceptors (Lipinski definition) is 7. The van der Waals surface area contributed by atoms with Gasteiger partial charge in [0, 0.05) is 5.92 Å². The van der Waals surface area contributed by atoms with E-state index in [1.54, 1.807) is 18.7 Å². The average molecular weight is 418 g/mol. The molecule has 164 valence electrons. The molecule has 1 aliphatic heterocycles. The Labute approximate surface area is 176 Å². The third-order valence-corrected chi connectivity index (χ3v) is 6.24. The molecular weight excluding hydrogens is 388 g/mol. The summed E-state index contributed by atoms with van der Waals surface area (Å²) < 4.78 is 10.5. The van der Waals surface area contributed by atoms with E-state index >= 15 is 0 Å². The summed E-state index contributed by atoms with van der Waals surface area (Å²) in [5, 5.41) is 9.31. The molecule has 1 heterocycles. The fraction of sp³-hybridized carbons (Fsp3) is 0.591. The number of nitrogens with zero attached hydrogens (tertiary/aromatic N) is 1. The van der Waals surface area contributed by atoms with Gasteiger partial charge in [0.25, 0.3) is 0 Å². The monoisotopic (exact) mass is 418 g/mol. The van der Waals surface area contributed by atoms with Crippen LogP contribution in [0.4, 0.5) is 4.79 Å². The van der Waals surface area contributed by atoms with E-state index < -0.39 is 36.0 Å². The summed E-state index contributed by atoms with van der Waals surface area (Å²) in [6.07, 6.45) is 0.277. The number of ether oxygens (including phenoxy) is 2. The number of aryl methyl sites for hydroxylation is 1. The number of piperidine rings is 1. The first-order valence-electron chi connectivity index (χ1n) is 10.5. The molecule has 1 aromatic rings. The maximum atomic E-state index is 13.2. The van der Waals surface area contributed by atoms with E-state index in [1.807, 2.05) is 30.3 Å². The molecule has 3 N–H and O–H groups in total. The standard InChI is InChI=1S/C22H30N2O6/c1-3-29-20(26)17(10-9-15-7-5-4-6-8-15)24-19(30-21(27)28)16-11-12-22(24,13-16)18(25)14(2)23/h4-8,14,16-17,19H,3,9-13,23H2,1-2H3,(H,27,28)/t14?,16?,17?,19-,22-/m0/s1. The molecule has 0 aromatic heterocycles. The van der Waals surface area contributed by atoms with E-state index in [2.05, 4.69) is 0 Å². The van der Waals surface area contributed by atoms with Gasteiger partial charge in [-0.15, -0.1) is 0 Å². The Balaban J connectivity index is 1.97. The van der Waals surface area contributed by atoms with Crippen LogP contribution in [0.1, 0.15) is 45.1 Å². The van der Waals surface area contributed by atoms with Gasteiger partial charge in [-0.1, -0.05) is 30.3 Å². The molecule has 2 bridgehead atoms. The number of fused-ring (bicyclic) bond motifs is 2. The fourth-order valence-electron chi connectivity index (χ4n) is 5.07. The lowest BCUT2D eigenvalue weighted by molar-refractivity contribution is -0.167. The van der Waals surface area contributed by atoms with Gasteiger partial charge in [-0.2, -0.15) is 0 Å². The summed E-state index contributed by atoms with van der Waals surface area (Å²) in [6.45, 7) is 3.53. The van der Waals surface area contributed by atoms with Crippen LogP contribution in [-0.2, 0) is 25.5 Å². The van der Waals surface area contributed by atoms with Crippen LogP contribution in [0, 0.1) is 5.92 Å². The molecule has 3 unspecified atom stereocenters. The highest BCUT2D eigenvalue weighted by atomic mass is 16.7. The molecule has 1 aliphatic carbocycles. The van der Waals surface area contributed by atoms with Crippen LogP contribution in [0.2, 0.25) is 0 Å². The first-order valence-corrected chi connectivity index (χ1v) is 10.5. The maximum absolute atomic E-state index is 13.2. The van der Waals surface area contributed by atoms with Crippen LogP contribution in [0.5, 0.6) is 0 Å². The molecule has 8 heteroatoms. The number of carboxylic acid groups (broad SMARTS) is 1. The van der Waals surface area contributed by atoms with Gasteiger partial charge in [-0.25, -0.2) is 9.69 Å². The zero-order valence-corrected chi connectivity index (χ0v) is 17.5. The Bertz CT molecular complexity index is 783. The largest absolute Gasteiger partial charge is 0.507 e. The van der Waals surface area contributed by atoms with Crippen LogP contribution in [-0.4, -0.2) is 58.4 Å². The Morgan fingerprint density at radius 2 is 2.00 bits per heavy atom. The van der Waals surface area contributed by atoms with Crippen molar-refractivity contribution in [3.63, 3.8) is 0 Å². The smallest absolute Gasteiger partial charge is 0.465 e. The van der Waals surface area contributed by atoms with Crippen molar-refractivity contribution in [2.24, 2.45) is 11.7 Å². The summed E-state index contributed by atoms with van der Waals surface area (Å²) in [6, 6.07) is 8.15. The zero-order valence-electron chi connectivity index (χ0n) is 17.5. The van der Waals surface area contributed by atoms with Crippen molar-refractivity contribution in [1.82, 2.24) is 4.90 Å². The number of hydrogen-bond donors (Lipinski definition) is 2. The van der Waals surface area contributed by atoms with Crippen molar-refractivity contribution in [2.75, 3.05) is 6.61 Å². The molecule has 1 saturated heterocycles. The summed E-state index contributed by atoms with van der Waals surface area (Å²) in [5.41, 5.74) is 5.99. The Morgan fingerprint density at radius 1 is 1.30 bits per heavy atom. The minimum atomic E-state index is -1.42. The van der Waals surface area contributed by atoms with Crippen molar-refractivity contribution in [3.8, 4) is 0 Å². The number of rotatable bonds is 9. The number of carbonyl (C=O) groups is 3. The molecule has 3 rings (SSSR count). The van der Waals surface area contributed by atoms with Crippen molar-refractivity contribution in [3.05, 3.63) is 35.9 Å². The minimum absolute atomic E-state index is 0.155. The van der Waals surface area contributed by atoms with Crippen molar-refractivity contribution >= 4 is 17.9 Å². The Morgan fingerprint density at radius 3 is 2.60 bits per heavy atom. The number of benzene rings is 1. The number of ketones is 1. The number of esters is 1. The zero-order chi connectivity index (χ0) is 21.9. The van der Waals surface area contributed by atoms with Gasteiger partial charge < -0.3 is 20.3 Å².